The van der Waals surface area contributed by atoms with E-state index in [2.05, 4.69) is 52.0 Å². The fourth-order valence-electron chi connectivity index (χ4n) is 2.56. The van der Waals surface area contributed by atoms with Crippen molar-refractivity contribution in [3.8, 4) is 0 Å². The molecule has 0 saturated carbocycles. The van der Waals surface area contributed by atoms with Gasteiger partial charge in [0.1, 0.15) is 6.10 Å². The third-order valence-electron chi connectivity index (χ3n) is 3.74. The lowest BCUT2D eigenvalue weighted by Crippen LogP contribution is -2.28. The molecule has 1 aromatic carbocycles. The highest BCUT2D eigenvalue weighted by molar-refractivity contribution is 5.29. The molecule has 2 atom stereocenters. The molecule has 17 heavy (non-hydrogen) atoms. The molecule has 2 rings (SSSR count). The second kappa shape index (κ2) is 4.79. The molecule has 0 aromatic heterocycles. The minimum Gasteiger partial charge on any atom is -0.344 e. The summed E-state index contributed by atoms with van der Waals surface area (Å²) in [5, 5.41) is 0. The van der Waals surface area contributed by atoms with Crippen molar-refractivity contribution in [2.45, 2.75) is 58.5 Å². The van der Waals surface area contributed by atoms with Gasteiger partial charge in [0.05, 0.1) is 6.10 Å². The number of benzene rings is 1. The molecule has 0 N–H and O–H groups in total. The standard InChI is InChI=1S/C15H22O2/c1-5-15(6-2)16-12(4)14(17-15)13-10-8-7-9-11(13)3/h7-10,12,14H,5-6H2,1-4H3/t12-,14-/m0/s1. The zero-order chi connectivity index (χ0) is 12.5. The number of hydrogen-bond donors (Lipinski definition) is 0. The third-order valence-corrected chi connectivity index (χ3v) is 3.74. The molecule has 0 aliphatic carbocycles. The summed E-state index contributed by atoms with van der Waals surface area (Å²) in [6, 6.07) is 8.40. The predicted octanol–water partition coefficient (Wildman–Crippen LogP) is 3.99. The lowest BCUT2D eigenvalue weighted by atomic mass is 10.0. The van der Waals surface area contributed by atoms with Crippen molar-refractivity contribution in [3.63, 3.8) is 0 Å². The first-order chi connectivity index (χ1) is 8.12. The van der Waals surface area contributed by atoms with E-state index in [0.717, 1.165) is 12.8 Å². The van der Waals surface area contributed by atoms with Crippen LogP contribution in [0.2, 0.25) is 0 Å². The van der Waals surface area contributed by atoms with Crippen LogP contribution in [0.1, 0.15) is 50.8 Å². The minimum atomic E-state index is -0.383. The molecule has 1 heterocycles. The summed E-state index contributed by atoms with van der Waals surface area (Å²) in [5.41, 5.74) is 2.53. The van der Waals surface area contributed by atoms with Gasteiger partial charge in [-0.3, -0.25) is 0 Å². The van der Waals surface area contributed by atoms with E-state index in [1.807, 2.05) is 0 Å². The first kappa shape index (κ1) is 12.6. The van der Waals surface area contributed by atoms with Crippen molar-refractivity contribution >= 4 is 0 Å². The number of aryl methyl sites for hydroxylation is 1. The summed E-state index contributed by atoms with van der Waals surface area (Å²) >= 11 is 0. The van der Waals surface area contributed by atoms with Gasteiger partial charge in [-0.1, -0.05) is 38.1 Å². The largest absolute Gasteiger partial charge is 0.344 e. The molecule has 0 spiro atoms. The number of rotatable bonds is 3. The van der Waals surface area contributed by atoms with E-state index < -0.39 is 0 Å². The molecule has 1 aromatic rings. The molecule has 94 valence electrons. The number of hydrogen-bond acceptors (Lipinski definition) is 2. The van der Waals surface area contributed by atoms with Gasteiger partial charge < -0.3 is 9.47 Å². The summed E-state index contributed by atoms with van der Waals surface area (Å²) in [7, 11) is 0. The van der Waals surface area contributed by atoms with Crippen LogP contribution in [0.4, 0.5) is 0 Å². The molecule has 1 fully saturated rings. The average molecular weight is 234 g/mol. The van der Waals surface area contributed by atoms with Gasteiger partial charge in [-0.25, -0.2) is 0 Å². The van der Waals surface area contributed by atoms with E-state index in [9.17, 15) is 0 Å². The minimum absolute atomic E-state index is 0.0658. The first-order valence-electron chi connectivity index (χ1n) is 6.53. The Kier molecular flexibility index (Phi) is 3.55. The van der Waals surface area contributed by atoms with E-state index in [1.54, 1.807) is 0 Å². The van der Waals surface area contributed by atoms with Gasteiger partial charge in [0.15, 0.2) is 5.79 Å². The lowest BCUT2D eigenvalue weighted by molar-refractivity contribution is -0.178. The monoisotopic (exact) mass is 234 g/mol. The number of ether oxygens (including phenoxy) is 2. The maximum atomic E-state index is 6.20. The van der Waals surface area contributed by atoms with Crippen LogP contribution in [0.3, 0.4) is 0 Å². The Morgan fingerprint density at radius 3 is 2.29 bits per heavy atom. The lowest BCUT2D eigenvalue weighted by Gasteiger charge is -2.25. The topological polar surface area (TPSA) is 18.5 Å². The van der Waals surface area contributed by atoms with E-state index in [4.69, 9.17) is 9.47 Å². The average Bonchev–Trinajstić information content (AvgIpc) is 2.68. The maximum absolute atomic E-state index is 6.20. The zero-order valence-corrected chi connectivity index (χ0v) is 11.2. The van der Waals surface area contributed by atoms with Gasteiger partial charge >= 0.3 is 0 Å². The normalized spacial score (nSPS) is 27.3. The summed E-state index contributed by atoms with van der Waals surface area (Å²) in [4.78, 5) is 0. The van der Waals surface area contributed by atoms with Gasteiger partial charge in [-0.05, 0) is 37.8 Å². The Hall–Kier alpha value is -0.860. The highest BCUT2D eigenvalue weighted by Crippen LogP contribution is 2.42. The third kappa shape index (κ3) is 2.24. The molecule has 1 saturated heterocycles. The molecule has 1 aliphatic rings. The van der Waals surface area contributed by atoms with Crippen LogP contribution < -0.4 is 0 Å². The van der Waals surface area contributed by atoms with Crippen LogP contribution in [-0.2, 0) is 9.47 Å². The fraction of sp³-hybridized carbons (Fsp3) is 0.600. The molecule has 2 nitrogen and oxygen atoms in total. The second-order valence-corrected chi connectivity index (χ2v) is 4.84. The van der Waals surface area contributed by atoms with Crippen molar-refractivity contribution in [2.24, 2.45) is 0 Å². The smallest absolute Gasteiger partial charge is 0.169 e. The van der Waals surface area contributed by atoms with Crippen LogP contribution in [-0.4, -0.2) is 11.9 Å². The van der Waals surface area contributed by atoms with E-state index >= 15 is 0 Å². The van der Waals surface area contributed by atoms with E-state index in [-0.39, 0.29) is 18.0 Å². The van der Waals surface area contributed by atoms with Crippen LogP contribution in [0.15, 0.2) is 24.3 Å². The molecular formula is C15H22O2. The first-order valence-corrected chi connectivity index (χ1v) is 6.53. The van der Waals surface area contributed by atoms with E-state index in [0.29, 0.717) is 0 Å². The second-order valence-electron chi connectivity index (χ2n) is 4.84. The van der Waals surface area contributed by atoms with Crippen molar-refractivity contribution in [1.29, 1.82) is 0 Å². The van der Waals surface area contributed by atoms with Crippen LogP contribution in [0, 0.1) is 6.92 Å². The van der Waals surface area contributed by atoms with Crippen LogP contribution >= 0.6 is 0 Å². The van der Waals surface area contributed by atoms with E-state index in [1.165, 1.54) is 11.1 Å². The fourth-order valence-corrected chi connectivity index (χ4v) is 2.56. The maximum Gasteiger partial charge on any atom is 0.169 e. The summed E-state index contributed by atoms with van der Waals surface area (Å²) in [6.07, 6.45) is 1.99. The van der Waals surface area contributed by atoms with Gasteiger partial charge in [0.2, 0.25) is 0 Å². The Bertz CT molecular complexity index is 382. The van der Waals surface area contributed by atoms with Gasteiger partial charge in [-0.2, -0.15) is 0 Å². The highest BCUT2D eigenvalue weighted by Gasteiger charge is 2.44. The van der Waals surface area contributed by atoms with Crippen molar-refractivity contribution in [2.75, 3.05) is 0 Å². The quantitative estimate of drug-likeness (QED) is 0.787. The Labute approximate surface area is 104 Å². The summed E-state index contributed by atoms with van der Waals surface area (Å²) < 4.78 is 12.3. The predicted molar refractivity (Wildman–Crippen MR) is 68.9 cm³/mol. The molecule has 0 unspecified atom stereocenters. The van der Waals surface area contributed by atoms with Crippen molar-refractivity contribution < 1.29 is 9.47 Å². The molecule has 0 amide bonds. The van der Waals surface area contributed by atoms with Crippen molar-refractivity contribution in [3.05, 3.63) is 35.4 Å². The van der Waals surface area contributed by atoms with Gasteiger partial charge in [-0.15, -0.1) is 0 Å². The van der Waals surface area contributed by atoms with Gasteiger partial charge in [0, 0.05) is 0 Å². The molecule has 0 radical (unpaired) electrons. The molecule has 1 aliphatic heterocycles. The summed E-state index contributed by atoms with van der Waals surface area (Å²) in [6.45, 7) is 8.47. The summed E-state index contributed by atoms with van der Waals surface area (Å²) in [5.74, 6) is -0.383. The molecule has 2 heteroatoms. The Balaban J connectivity index is 2.27. The molecule has 0 bridgehead atoms. The Morgan fingerprint density at radius 1 is 1.12 bits per heavy atom. The van der Waals surface area contributed by atoms with Crippen LogP contribution in [0.25, 0.3) is 0 Å². The SMILES string of the molecule is CCC1(CC)O[C@@H](C)[C@@H](c2ccccc2C)O1. The van der Waals surface area contributed by atoms with Gasteiger partial charge in [0.25, 0.3) is 0 Å². The van der Waals surface area contributed by atoms with Crippen molar-refractivity contribution in [1.82, 2.24) is 0 Å². The highest BCUT2D eigenvalue weighted by atomic mass is 16.8. The Morgan fingerprint density at radius 2 is 1.76 bits per heavy atom. The van der Waals surface area contributed by atoms with Crippen LogP contribution in [0.5, 0.6) is 0 Å². The zero-order valence-electron chi connectivity index (χ0n) is 11.2. The molecular weight excluding hydrogens is 212 g/mol.